The van der Waals surface area contributed by atoms with Crippen molar-refractivity contribution in [3.63, 3.8) is 0 Å². The summed E-state index contributed by atoms with van der Waals surface area (Å²) in [5.41, 5.74) is 2.59. The number of imidazole rings is 1. The Hall–Kier alpha value is -3.71. The Kier molecular flexibility index (Phi) is 4.44. The van der Waals surface area contributed by atoms with Crippen LogP contribution >= 0.6 is 11.8 Å². The third-order valence-electron chi connectivity index (χ3n) is 4.96. The summed E-state index contributed by atoms with van der Waals surface area (Å²) in [6.07, 6.45) is 3.63. The highest BCUT2D eigenvalue weighted by atomic mass is 32.2. The number of nitrogens with zero attached hydrogens (tertiary/aromatic N) is 2. The van der Waals surface area contributed by atoms with Crippen LogP contribution in [0.5, 0.6) is 0 Å². The lowest BCUT2D eigenvalue weighted by atomic mass is 9.83. The predicted octanol–water partition coefficient (Wildman–Crippen LogP) is 3.84. The number of hydrogen-bond acceptors (Lipinski definition) is 5. The van der Waals surface area contributed by atoms with Crippen molar-refractivity contribution >= 4 is 40.4 Å². The van der Waals surface area contributed by atoms with Crippen molar-refractivity contribution in [1.29, 1.82) is 0 Å². The molecule has 1 N–H and O–H groups in total. The number of hydrogen-bond donors (Lipinski definition) is 1. The SMILES string of the molecule is O=C(CSc1ncc2ccccn12)Nc1cccc2c1C(=O)c1ccccc1C2=O. The van der Waals surface area contributed by atoms with Crippen LogP contribution in [0.1, 0.15) is 31.8 Å². The van der Waals surface area contributed by atoms with Gasteiger partial charge in [0.25, 0.3) is 0 Å². The van der Waals surface area contributed by atoms with Crippen molar-refractivity contribution in [3.05, 3.63) is 95.3 Å². The van der Waals surface area contributed by atoms with Crippen LogP contribution in [0, 0.1) is 0 Å². The summed E-state index contributed by atoms with van der Waals surface area (Å²) < 4.78 is 1.90. The van der Waals surface area contributed by atoms with E-state index in [1.165, 1.54) is 11.8 Å². The first-order valence-corrected chi connectivity index (χ1v) is 10.3. The second-order valence-electron chi connectivity index (χ2n) is 6.81. The number of amides is 1. The standard InChI is InChI=1S/C23H15N3O3S/c27-19(13-30-23-24-12-14-6-3-4-11-26(14)23)25-18-10-5-9-17-20(18)22(29)16-8-2-1-7-15(16)21(17)28/h1-12H,13H2,(H,25,27). The number of ketones is 2. The normalized spacial score (nSPS) is 12.5. The molecule has 7 heteroatoms. The third-order valence-corrected chi connectivity index (χ3v) is 5.93. The predicted molar refractivity (Wildman–Crippen MR) is 114 cm³/mol. The van der Waals surface area contributed by atoms with E-state index >= 15 is 0 Å². The van der Waals surface area contributed by atoms with E-state index in [4.69, 9.17) is 0 Å². The van der Waals surface area contributed by atoms with Crippen LogP contribution in [0.2, 0.25) is 0 Å². The van der Waals surface area contributed by atoms with Gasteiger partial charge in [-0.25, -0.2) is 4.98 Å². The molecular formula is C23H15N3O3S. The fraction of sp³-hybridized carbons (Fsp3) is 0.0435. The summed E-state index contributed by atoms with van der Waals surface area (Å²) in [5.74, 6) is -0.631. The molecule has 1 aliphatic carbocycles. The molecule has 146 valence electrons. The summed E-state index contributed by atoms with van der Waals surface area (Å²) in [6, 6.07) is 17.4. The number of rotatable bonds is 4. The molecule has 0 unspecified atom stereocenters. The van der Waals surface area contributed by atoms with E-state index in [9.17, 15) is 14.4 Å². The van der Waals surface area contributed by atoms with Gasteiger partial charge in [-0.15, -0.1) is 0 Å². The van der Waals surface area contributed by atoms with Gasteiger partial charge in [-0.2, -0.15) is 0 Å². The highest BCUT2D eigenvalue weighted by Crippen LogP contribution is 2.32. The van der Waals surface area contributed by atoms with Gasteiger partial charge in [-0.3, -0.25) is 18.8 Å². The van der Waals surface area contributed by atoms with Gasteiger partial charge >= 0.3 is 0 Å². The maximum atomic E-state index is 13.0. The van der Waals surface area contributed by atoms with Crippen LogP contribution in [0.15, 0.2) is 78.2 Å². The van der Waals surface area contributed by atoms with Gasteiger partial charge in [0.2, 0.25) is 5.91 Å². The molecule has 6 nitrogen and oxygen atoms in total. The Bertz CT molecular complexity index is 1340. The average molecular weight is 413 g/mol. The molecule has 0 aliphatic heterocycles. The van der Waals surface area contributed by atoms with Crippen molar-refractivity contribution in [2.75, 3.05) is 11.1 Å². The molecule has 0 atom stereocenters. The lowest BCUT2D eigenvalue weighted by Gasteiger charge is -2.20. The van der Waals surface area contributed by atoms with Gasteiger partial charge in [0, 0.05) is 22.9 Å². The highest BCUT2D eigenvalue weighted by Gasteiger charge is 2.31. The zero-order valence-corrected chi connectivity index (χ0v) is 16.5. The van der Waals surface area contributed by atoms with Crippen LogP contribution in [0.25, 0.3) is 5.52 Å². The number of anilines is 1. The molecule has 4 aromatic rings. The first-order valence-electron chi connectivity index (χ1n) is 9.29. The minimum Gasteiger partial charge on any atom is -0.325 e. The summed E-state index contributed by atoms with van der Waals surface area (Å²) >= 11 is 1.30. The quantitative estimate of drug-likeness (QED) is 0.453. The number of thioether (sulfide) groups is 1. The average Bonchev–Trinajstić information content (AvgIpc) is 3.19. The Labute approximate surface area is 175 Å². The molecular weight excluding hydrogens is 398 g/mol. The maximum Gasteiger partial charge on any atom is 0.234 e. The van der Waals surface area contributed by atoms with E-state index in [1.807, 2.05) is 28.8 Å². The Balaban J connectivity index is 1.39. The number of pyridine rings is 1. The minimum absolute atomic E-state index is 0.121. The van der Waals surface area contributed by atoms with Gasteiger partial charge in [-0.05, 0) is 18.2 Å². The van der Waals surface area contributed by atoms with E-state index in [0.29, 0.717) is 27.5 Å². The summed E-state index contributed by atoms with van der Waals surface area (Å²) in [6.45, 7) is 0. The Morgan fingerprint density at radius 1 is 0.900 bits per heavy atom. The lowest BCUT2D eigenvalue weighted by Crippen LogP contribution is -2.24. The molecule has 0 spiro atoms. The first-order chi connectivity index (χ1) is 14.6. The zero-order valence-electron chi connectivity index (χ0n) is 15.7. The van der Waals surface area contributed by atoms with Crippen molar-refractivity contribution in [2.45, 2.75) is 5.16 Å². The summed E-state index contributed by atoms with van der Waals surface area (Å²) in [4.78, 5) is 42.8. The molecule has 2 aromatic heterocycles. The fourth-order valence-electron chi connectivity index (χ4n) is 3.59. The van der Waals surface area contributed by atoms with E-state index in [1.54, 1.807) is 48.7 Å². The molecule has 2 heterocycles. The van der Waals surface area contributed by atoms with E-state index in [0.717, 1.165) is 5.52 Å². The molecule has 5 rings (SSSR count). The van der Waals surface area contributed by atoms with Crippen LogP contribution < -0.4 is 5.32 Å². The van der Waals surface area contributed by atoms with Crippen molar-refractivity contribution in [1.82, 2.24) is 9.38 Å². The van der Waals surface area contributed by atoms with Gasteiger partial charge in [0.1, 0.15) is 0 Å². The van der Waals surface area contributed by atoms with Crippen LogP contribution in [0.4, 0.5) is 5.69 Å². The third kappa shape index (κ3) is 3.00. The number of benzene rings is 2. The zero-order chi connectivity index (χ0) is 20.7. The van der Waals surface area contributed by atoms with Gasteiger partial charge < -0.3 is 5.32 Å². The smallest absolute Gasteiger partial charge is 0.234 e. The highest BCUT2D eigenvalue weighted by molar-refractivity contribution is 7.99. The van der Waals surface area contributed by atoms with E-state index in [2.05, 4.69) is 10.3 Å². The number of carbonyl (C=O) groups is 3. The van der Waals surface area contributed by atoms with Crippen LogP contribution in [-0.2, 0) is 4.79 Å². The van der Waals surface area contributed by atoms with E-state index in [-0.39, 0.29) is 28.8 Å². The van der Waals surface area contributed by atoms with Crippen LogP contribution in [0.3, 0.4) is 0 Å². The molecule has 0 saturated heterocycles. The Morgan fingerprint density at radius 3 is 2.47 bits per heavy atom. The number of fused-ring (bicyclic) bond motifs is 3. The maximum absolute atomic E-state index is 13.0. The monoisotopic (exact) mass is 413 g/mol. The molecule has 0 fully saturated rings. The molecule has 0 bridgehead atoms. The molecule has 2 aromatic carbocycles. The second kappa shape index (κ2) is 7.27. The first kappa shape index (κ1) is 18.3. The Morgan fingerprint density at radius 2 is 1.63 bits per heavy atom. The lowest BCUT2D eigenvalue weighted by molar-refractivity contribution is -0.113. The van der Waals surface area contributed by atoms with Gasteiger partial charge in [0.05, 0.1) is 28.7 Å². The number of carbonyl (C=O) groups excluding carboxylic acids is 3. The van der Waals surface area contributed by atoms with E-state index < -0.39 is 0 Å². The van der Waals surface area contributed by atoms with Crippen molar-refractivity contribution < 1.29 is 14.4 Å². The van der Waals surface area contributed by atoms with Gasteiger partial charge in [0.15, 0.2) is 16.7 Å². The molecule has 0 saturated carbocycles. The molecule has 30 heavy (non-hydrogen) atoms. The second-order valence-corrected chi connectivity index (χ2v) is 7.75. The van der Waals surface area contributed by atoms with Gasteiger partial charge in [-0.1, -0.05) is 54.2 Å². The number of aromatic nitrogens is 2. The summed E-state index contributed by atoms with van der Waals surface area (Å²) in [7, 11) is 0. The fourth-order valence-corrected chi connectivity index (χ4v) is 4.36. The largest absolute Gasteiger partial charge is 0.325 e. The molecule has 1 amide bonds. The number of nitrogens with one attached hydrogen (secondary N) is 1. The van der Waals surface area contributed by atoms with Crippen molar-refractivity contribution in [3.8, 4) is 0 Å². The van der Waals surface area contributed by atoms with Crippen LogP contribution in [-0.4, -0.2) is 32.6 Å². The van der Waals surface area contributed by atoms with Crippen molar-refractivity contribution in [2.24, 2.45) is 0 Å². The minimum atomic E-state index is -0.278. The summed E-state index contributed by atoms with van der Waals surface area (Å²) in [5, 5.41) is 3.50. The molecule has 0 radical (unpaired) electrons. The topological polar surface area (TPSA) is 80.5 Å². The molecule has 1 aliphatic rings.